The molecule has 3 rings (SSSR count). The lowest BCUT2D eigenvalue weighted by Gasteiger charge is -2.36. The highest BCUT2D eigenvalue weighted by Gasteiger charge is 2.42. The molecular weight excluding hydrogens is 302 g/mol. The monoisotopic (exact) mass is 323 g/mol. The Labute approximate surface area is 136 Å². The molecule has 0 bridgehead atoms. The van der Waals surface area contributed by atoms with Crippen LogP contribution in [0.15, 0.2) is 24.3 Å². The van der Waals surface area contributed by atoms with Crippen LogP contribution < -0.4 is 4.74 Å². The first-order chi connectivity index (χ1) is 10.6. The molecular formula is C17H22ClNO3. The van der Waals surface area contributed by atoms with E-state index in [0.29, 0.717) is 36.7 Å². The van der Waals surface area contributed by atoms with E-state index in [1.54, 1.807) is 4.90 Å². The minimum Gasteiger partial charge on any atom is -0.489 e. The molecule has 1 N–H and O–H groups in total. The second-order valence-electron chi connectivity index (χ2n) is 6.28. The van der Waals surface area contributed by atoms with Gasteiger partial charge in [0.1, 0.15) is 17.5 Å². The van der Waals surface area contributed by atoms with Gasteiger partial charge in [0.05, 0.1) is 5.02 Å². The molecule has 1 heterocycles. The number of likely N-dealkylation sites (tertiary alicyclic amines) is 1. The molecule has 1 saturated heterocycles. The molecule has 2 aliphatic rings. The molecule has 1 aromatic carbocycles. The smallest absolute Gasteiger partial charge is 0.254 e. The Morgan fingerprint density at radius 2 is 1.86 bits per heavy atom. The van der Waals surface area contributed by atoms with Crippen molar-refractivity contribution in [2.75, 3.05) is 13.1 Å². The van der Waals surface area contributed by atoms with E-state index in [2.05, 4.69) is 0 Å². The van der Waals surface area contributed by atoms with Gasteiger partial charge in [0.25, 0.3) is 5.91 Å². The average Bonchev–Trinajstić information content (AvgIpc) is 2.98. The first-order valence-corrected chi connectivity index (χ1v) is 8.39. The summed E-state index contributed by atoms with van der Waals surface area (Å²) in [4.78, 5) is 14.2. The van der Waals surface area contributed by atoms with Crippen LogP contribution in [0.4, 0.5) is 0 Å². The molecule has 1 amide bonds. The van der Waals surface area contributed by atoms with Crippen molar-refractivity contribution in [2.45, 2.75) is 50.2 Å². The van der Waals surface area contributed by atoms with Gasteiger partial charge in [-0.3, -0.25) is 4.79 Å². The van der Waals surface area contributed by atoms with Crippen molar-refractivity contribution in [3.63, 3.8) is 0 Å². The summed E-state index contributed by atoms with van der Waals surface area (Å²) in [7, 11) is 0. The largest absolute Gasteiger partial charge is 0.489 e. The number of amides is 1. The van der Waals surface area contributed by atoms with Gasteiger partial charge in [0.15, 0.2) is 0 Å². The SMILES string of the molecule is O=C(N1CCC(Oc2ccccc2Cl)CC1)C1(O)CCCC1. The van der Waals surface area contributed by atoms with Crippen LogP contribution in [-0.4, -0.2) is 40.7 Å². The lowest BCUT2D eigenvalue weighted by atomic mass is 9.98. The molecule has 1 aromatic rings. The fourth-order valence-electron chi connectivity index (χ4n) is 3.36. The summed E-state index contributed by atoms with van der Waals surface area (Å²) in [5, 5.41) is 11.0. The Bertz CT molecular complexity index is 534. The Kier molecular flexibility index (Phi) is 4.59. The number of carbonyl (C=O) groups excluding carboxylic acids is 1. The van der Waals surface area contributed by atoms with Crippen molar-refractivity contribution < 1.29 is 14.6 Å². The molecule has 0 radical (unpaired) electrons. The van der Waals surface area contributed by atoms with Crippen LogP contribution in [-0.2, 0) is 4.79 Å². The number of hydrogen-bond acceptors (Lipinski definition) is 3. The van der Waals surface area contributed by atoms with Gasteiger partial charge >= 0.3 is 0 Å². The van der Waals surface area contributed by atoms with Crippen LogP contribution in [0, 0.1) is 0 Å². The van der Waals surface area contributed by atoms with E-state index in [1.165, 1.54) is 0 Å². The van der Waals surface area contributed by atoms with Gasteiger partial charge in [-0.1, -0.05) is 23.7 Å². The molecule has 1 saturated carbocycles. The number of rotatable bonds is 3. The standard InChI is InChI=1S/C17H22ClNO3/c18-14-5-1-2-6-15(14)22-13-7-11-19(12-8-13)16(20)17(21)9-3-4-10-17/h1-2,5-6,13,21H,3-4,7-12H2. The highest BCUT2D eigenvalue weighted by Crippen LogP contribution is 2.32. The van der Waals surface area contributed by atoms with E-state index < -0.39 is 5.60 Å². The highest BCUT2D eigenvalue weighted by atomic mass is 35.5. The molecule has 0 spiro atoms. The lowest BCUT2D eigenvalue weighted by molar-refractivity contribution is -0.152. The summed E-state index contributed by atoms with van der Waals surface area (Å²) in [6, 6.07) is 7.44. The Morgan fingerprint density at radius 1 is 1.23 bits per heavy atom. The molecule has 0 atom stereocenters. The number of ether oxygens (including phenoxy) is 1. The fraction of sp³-hybridized carbons (Fsp3) is 0.588. The molecule has 120 valence electrons. The highest BCUT2D eigenvalue weighted by molar-refractivity contribution is 6.32. The molecule has 5 heteroatoms. The zero-order valence-corrected chi connectivity index (χ0v) is 13.4. The van der Waals surface area contributed by atoms with Crippen molar-refractivity contribution in [2.24, 2.45) is 0 Å². The number of aliphatic hydroxyl groups is 1. The third-order valence-corrected chi connectivity index (χ3v) is 5.00. The van der Waals surface area contributed by atoms with Crippen LogP contribution in [0.2, 0.25) is 5.02 Å². The van der Waals surface area contributed by atoms with Crippen LogP contribution >= 0.6 is 11.6 Å². The molecule has 1 aliphatic heterocycles. The van der Waals surface area contributed by atoms with Gasteiger partial charge < -0.3 is 14.7 Å². The number of piperidine rings is 1. The van der Waals surface area contributed by atoms with Crippen molar-refractivity contribution in [3.8, 4) is 5.75 Å². The predicted octanol–water partition coefficient (Wildman–Crippen LogP) is 3.01. The van der Waals surface area contributed by atoms with Crippen molar-refractivity contribution in [1.29, 1.82) is 0 Å². The van der Waals surface area contributed by atoms with E-state index >= 15 is 0 Å². The fourth-order valence-corrected chi connectivity index (χ4v) is 3.54. The molecule has 0 unspecified atom stereocenters. The van der Waals surface area contributed by atoms with Gasteiger partial charge in [-0.25, -0.2) is 0 Å². The lowest BCUT2D eigenvalue weighted by Crippen LogP contribution is -2.51. The number of nitrogens with zero attached hydrogens (tertiary/aromatic N) is 1. The molecule has 1 aliphatic carbocycles. The Hall–Kier alpha value is -1.26. The Balaban J connectivity index is 1.54. The number of hydrogen-bond donors (Lipinski definition) is 1. The van der Waals surface area contributed by atoms with E-state index in [0.717, 1.165) is 25.7 Å². The van der Waals surface area contributed by atoms with Crippen molar-refractivity contribution >= 4 is 17.5 Å². The molecule has 0 aromatic heterocycles. The van der Waals surface area contributed by atoms with Crippen LogP contribution in [0.25, 0.3) is 0 Å². The predicted molar refractivity (Wildman–Crippen MR) is 85.1 cm³/mol. The van der Waals surface area contributed by atoms with Crippen molar-refractivity contribution in [1.82, 2.24) is 4.90 Å². The number of carbonyl (C=O) groups is 1. The van der Waals surface area contributed by atoms with Crippen LogP contribution in [0.1, 0.15) is 38.5 Å². The topological polar surface area (TPSA) is 49.8 Å². The van der Waals surface area contributed by atoms with Gasteiger partial charge in [0, 0.05) is 25.9 Å². The Morgan fingerprint density at radius 3 is 2.50 bits per heavy atom. The van der Waals surface area contributed by atoms with E-state index in [1.807, 2.05) is 24.3 Å². The molecule has 4 nitrogen and oxygen atoms in total. The third kappa shape index (κ3) is 3.23. The second-order valence-corrected chi connectivity index (χ2v) is 6.69. The summed E-state index contributed by atoms with van der Waals surface area (Å²) in [6.07, 6.45) is 4.69. The van der Waals surface area contributed by atoms with Gasteiger partial charge in [-0.2, -0.15) is 0 Å². The van der Waals surface area contributed by atoms with Gasteiger partial charge in [-0.15, -0.1) is 0 Å². The maximum Gasteiger partial charge on any atom is 0.254 e. The quantitative estimate of drug-likeness (QED) is 0.930. The molecule has 22 heavy (non-hydrogen) atoms. The molecule has 2 fully saturated rings. The first kappa shape index (κ1) is 15.6. The van der Waals surface area contributed by atoms with E-state index in [9.17, 15) is 9.90 Å². The zero-order chi connectivity index (χ0) is 15.6. The third-order valence-electron chi connectivity index (χ3n) is 4.69. The average molecular weight is 324 g/mol. The summed E-state index contributed by atoms with van der Waals surface area (Å²) in [5.41, 5.74) is -1.11. The first-order valence-electron chi connectivity index (χ1n) is 8.01. The summed E-state index contributed by atoms with van der Waals surface area (Å²) in [6.45, 7) is 1.27. The van der Waals surface area contributed by atoms with E-state index in [4.69, 9.17) is 16.3 Å². The van der Waals surface area contributed by atoms with E-state index in [-0.39, 0.29) is 12.0 Å². The minimum absolute atomic E-state index is 0.0715. The minimum atomic E-state index is -1.11. The van der Waals surface area contributed by atoms with Crippen LogP contribution in [0.5, 0.6) is 5.75 Å². The number of benzene rings is 1. The number of halogens is 1. The summed E-state index contributed by atoms with van der Waals surface area (Å²) >= 11 is 6.10. The van der Waals surface area contributed by atoms with Gasteiger partial charge in [-0.05, 0) is 37.8 Å². The normalized spacial score (nSPS) is 21.8. The number of para-hydroxylation sites is 1. The van der Waals surface area contributed by atoms with Gasteiger partial charge in [0.2, 0.25) is 0 Å². The van der Waals surface area contributed by atoms with Crippen molar-refractivity contribution in [3.05, 3.63) is 29.3 Å². The van der Waals surface area contributed by atoms with Crippen LogP contribution in [0.3, 0.4) is 0 Å². The summed E-state index contributed by atoms with van der Waals surface area (Å²) < 4.78 is 5.93. The maximum absolute atomic E-state index is 12.5. The zero-order valence-electron chi connectivity index (χ0n) is 12.6. The maximum atomic E-state index is 12.5. The summed E-state index contributed by atoms with van der Waals surface area (Å²) in [5.74, 6) is 0.601. The second kappa shape index (κ2) is 6.47.